The Morgan fingerprint density at radius 3 is 2.74 bits per heavy atom. The van der Waals surface area contributed by atoms with Crippen LogP contribution in [-0.2, 0) is 4.79 Å². The summed E-state index contributed by atoms with van der Waals surface area (Å²) < 4.78 is 0. The summed E-state index contributed by atoms with van der Waals surface area (Å²) in [6.07, 6.45) is 7.08. The molecule has 2 aliphatic rings. The van der Waals surface area contributed by atoms with Gasteiger partial charge in [0.15, 0.2) is 0 Å². The van der Waals surface area contributed by atoms with E-state index >= 15 is 0 Å². The fourth-order valence-corrected chi connectivity index (χ4v) is 3.32. The van der Waals surface area contributed by atoms with E-state index in [9.17, 15) is 4.79 Å². The lowest BCUT2D eigenvalue weighted by Crippen LogP contribution is -2.46. The zero-order valence-electron chi connectivity index (χ0n) is 12.4. The molecule has 0 spiro atoms. The van der Waals surface area contributed by atoms with Gasteiger partial charge in [0.25, 0.3) is 0 Å². The molecule has 4 heteroatoms. The zero-order chi connectivity index (χ0) is 13.5. The van der Waals surface area contributed by atoms with Crippen molar-refractivity contribution in [2.24, 2.45) is 0 Å². The minimum absolute atomic E-state index is 0.353. The first kappa shape index (κ1) is 14.8. The maximum atomic E-state index is 12.1. The van der Waals surface area contributed by atoms with Gasteiger partial charge in [-0.05, 0) is 38.8 Å². The molecule has 2 fully saturated rings. The summed E-state index contributed by atoms with van der Waals surface area (Å²) in [5.41, 5.74) is 0. The summed E-state index contributed by atoms with van der Waals surface area (Å²) in [6, 6.07) is 0.767. The van der Waals surface area contributed by atoms with E-state index < -0.39 is 0 Å². The first-order valence-electron chi connectivity index (χ1n) is 8.04. The number of nitrogens with zero attached hydrogens (tertiary/aromatic N) is 2. The van der Waals surface area contributed by atoms with Gasteiger partial charge >= 0.3 is 0 Å². The van der Waals surface area contributed by atoms with Gasteiger partial charge in [0.05, 0.1) is 0 Å². The van der Waals surface area contributed by atoms with Crippen LogP contribution in [0.1, 0.15) is 45.4 Å². The van der Waals surface area contributed by atoms with Gasteiger partial charge in [-0.3, -0.25) is 4.79 Å². The van der Waals surface area contributed by atoms with Crippen LogP contribution in [-0.4, -0.2) is 61.0 Å². The van der Waals surface area contributed by atoms with Gasteiger partial charge in [-0.2, -0.15) is 0 Å². The monoisotopic (exact) mass is 267 g/mol. The number of carbonyl (C=O) groups excluding carboxylic acids is 1. The Kier molecular flexibility index (Phi) is 6.11. The number of piperazine rings is 1. The summed E-state index contributed by atoms with van der Waals surface area (Å²) in [6.45, 7) is 8.32. The van der Waals surface area contributed by atoms with Crippen LogP contribution in [0.15, 0.2) is 0 Å². The van der Waals surface area contributed by atoms with E-state index in [4.69, 9.17) is 0 Å². The van der Waals surface area contributed by atoms with E-state index in [1.54, 1.807) is 0 Å². The average molecular weight is 267 g/mol. The number of carbonyl (C=O) groups is 1. The highest BCUT2D eigenvalue weighted by Gasteiger charge is 2.21. The molecular formula is C15H29N3O. The number of hydrogen-bond acceptors (Lipinski definition) is 3. The molecule has 0 aromatic rings. The van der Waals surface area contributed by atoms with Crippen molar-refractivity contribution in [1.82, 2.24) is 15.1 Å². The van der Waals surface area contributed by atoms with Crippen LogP contribution >= 0.6 is 0 Å². The van der Waals surface area contributed by atoms with Gasteiger partial charge in [-0.15, -0.1) is 0 Å². The second-order valence-electron chi connectivity index (χ2n) is 5.83. The first-order valence-corrected chi connectivity index (χ1v) is 8.04. The molecule has 4 nitrogen and oxygen atoms in total. The molecule has 1 unspecified atom stereocenters. The lowest BCUT2D eigenvalue weighted by Gasteiger charge is -2.35. The van der Waals surface area contributed by atoms with Gasteiger partial charge in [0.1, 0.15) is 0 Å². The van der Waals surface area contributed by atoms with Crippen molar-refractivity contribution in [3.8, 4) is 0 Å². The van der Waals surface area contributed by atoms with Crippen molar-refractivity contribution < 1.29 is 4.79 Å². The second kappa shape index (κ2) is 7.85. The minimum Gasteiger partial charge on any atom is -0.340 e. The molecule has 1 atom stereocenters. The van der Waals surface area contributed by atoms with Crippen molar-refractivity contribution in [3.63, 3.8) is 0 Å². The summed E-state index contributed by atoms with van der Waals surface area (Å²) in [5, 5.41) is 3.29. The van der Waals surface area contributed by atoms with Gasteiger partial charge in [0.2, 0.25) is 5.91 Å². The number of piperidine rings is 1. The second-order valence-corrected chi connectivity index (χ2v) is 5.83. The Hall–Kier alpha value is -0.610. The van der Waals surface area contributed by atoms with Crippen LogP contribution in [0.5, 0.6) is 0 Å². The van der Waals surface area contributed by atoms with Crippen LogP contribution in [0, 0.1) is 0 Å². The van der Waals surface area contributed by atoms with E-state index in [-0.39, 0.29) is 0 Å². The van der Waals surface area contributed by atoms with Gasteiger partial charge in [-0.25, -0.2) is 0 Å². The zero-order valence-corrected chi connectivity index (χ0v) is 12.4. The Labute approximate surface area is 117 Å². The number of hydrogen-bond donors (Lipinski definition) is 1. The van der Waals surface area contributed by atoms with E-state index in [0.717, 1.165) is 51.6 Å². The predicted molar refractivity (Wildman–Crippen MR) is 78.2 cm³/mol. The number of amides is 1. The summed E-state index contributed by atoms with van der Waals surface area (Å²) in [7, 11) is 0. The summed E-state index contributed by atoms with van der Waals surface area (Å²) in [5.74, 6) is 0.353. The van der Waals surface area contributed by atoms with Crippen molar-refractivity contribution in [1.29, 1.82) is 0 Å². The third kappa shape index (κ3) is 4.46. The topological polar surface area (TPSA) is 35.6 Å². The molecule has 1 amide bonds. The first-order chi connectivity index (χ1) is 9.31. The molecule has 2 heterocycles. The van der Waals surface area contributed by atoms with E-state index in [0.29, 0.717) is 5.91 Å². The highest BCUT2D eigenvalue weighted by Crippen LogP contribution is 2.19. The number of nitrogens with one attached hydrogen (secondary N) is 1. The Morgan fingerprint density at radius 2 is 2.00 bits per heavy atom. The van der Waals surface area contributed by atoms with Gasteiger partial charge in [-0.1, -0.05) is 13.3 Å². The molecule has 0 aliphatic carbocycles. The molecule has 0 aromatic carbocycles. The molecule has 2 rings (SSSR count). The Balaban J connectivity index is 1.65. The molecular weight excluding hydrogens is 238 g/mol. The quantitative estimate of drug-likeness (QED) is 0.819. The van der Waals surface area contributed by atoms with Gasteiger partial charge < -0.3 is 15.1 Å². The molecule has 19 heavy (non-hydrogen) atoms. The molecule has 2 saturated heterocycles. The van der Waals surface area contributed by atoms with Gasteiger partial charge in [0, 0.05) is 38.6 Å². The summed E-state index contributed by atoms with van der Waals surface area (Å²) in [4.78, 5) is 16.7. The normalized spacial score (nSPS) is 25.5. The molecule has 1 N–H and O–H groups in total. The van der Waals surface area contributed by atoms with Crippen LogP contribution in [0.25, 0.3) is 0 Å². The number of likely N-dealkylation sites (tertiary alicyclic amines) is 1. The Bertz CT molecular complexity index is 277. The highest BCUT2D eigenvalue weighted by atomic mass is 16.2. The van der Waals surface area contributed by atoms with Crippen molar-refractivity contribution in [2.75, 3.05) is 39.3 Å². The number of rotatable bonds is 5. The van der Waals surface area contributed by atoms with Crippen LogP contribution in [0.3, 0.4) is 0 Å². The van der Waals surface area contributed by atoms with Crippen molar-refractivity contribution in [2.45, 2.75) is 51.5 Å². The van der Waals surface area contributed by atoms with Crippen molar-refractivity contribution in [3.05, 3.63) is 0 Å². The molecule has 0 radical (unpaired) electrons. The maximum Gasteiger partial charge on any atom is 0.222 e. The molecule has 0 aromatic heterocycles. The average Bonchev–Trinajstić information content (AvgIpc) is 2.48. The lowest BCUT2D eigenvalue weighted by molar-refractivity contribution is -0.131. The smallest absolute Gasteiger partial charge is 0.222 e. The van der Waals surface area contributed by atoms with Crippen LogP contribution in [0.4, 0.5) is 0 Å². The van der Waals surface area contributed by atoms with E-state index in [1.807, 2.05) is 4.90 Å². The van der Waals surface area contributed by atoms with E-state index in [2.05, 4.69) is 17.1 Å². The third-order valence-corrected chi connectivity index (χ3v) is 4.53. The minimum atomic E-state index is 0.353. The maximum absolute atomic E-state index is 12.1. The molecule has 110 valence electrons. The fraction of sp³-hybridized carbons (Fsp3) is 0.933. The van der Waals surface area contributed by atoms with Crippen molar-refractivity contribution >= 4 is 5.91 Å². The fourth-order valence-electron chi connectivity index (χ4n) is 3.32. The largest absolute Gasteiger partial charge is 0.340 e. The van der Waals surface area contributed by atoms with E-state index in [1.165, 1.54) is 32.2 Å². The molecule has 0 bridgehead atoms. The van der Waals surface area contributed by atoms with Crippen LogP contribution < -0.4 is 5.32 Å². The highest BCUT2D eigenvalue weighted by molar-refractivity contribution is 5.76. The SMILES string of the molecule is CCC1CCCCN1CCCC(=O)N1CCNCC1. The Morgan fingerprint density at radius 1 is 1.21 bits per heavy atom. The summed E-state index contributed by atoms with van der Waals surface area (Å²) >= 11 is 0. The lowest BCUT2D eigenvalue weighted by atomic mass is 9.99. The predicted octanol–water partition coefficient (Wildman–Crippen LogP) is 1.46. The molecule has 0 saturated carbocycles. The third-order valence-electron chi connectivity index (χ3n) is 4.53. The standard InChI is InChI=1S/C15H29N3O/c1-2-14-6-3-4-10-17(14)11-5-7-15(19)18-12-8-16-9-13-18/h14,16H,2-13H2,1H3. The van der Waals surface area contributed by atoms with Crippen LogP contribution in [0.2, 0.25) is 0 Å². The molecule has 2 aliphatic heterocycles.